The van der Waals surface area contributed by atoms with Gasteiger partial charge in [-0.15, -0.1) is 0 Å². The molecule has 0 aromatic carbocycles. The zero-order valence-corrected chi connectivity index (χ0v) is 9.55. The van der Waals surface area contributed by atoms with Gasteiger partial charge in [-0.1, -0.05) is 27.2 Å². The Hall–Kier alpha value is -0.570. The normalized spacial score (nSPS) is 17.4. The summed E-state index contributed by atoms with van der Waals surface area (Å²) in [5.74, 6) is -0.732. The molecular formula is C11H23NO2. The monoisotopic (exact) mass is 201 g/mol. The number of aliphatic carboxylic acids is 1. The van der Waals surface area contributed by atoms with E-state index >= 15 is 0 Å². The predicted octanol–water partition coefficient (Wildman–Crippen LogP) is 2.39. The molecule has 0 saturated heterocycles. The van der Waals surface area contributed by atoms with Crippen molar-refractivity contribution in [3.05, 3.63) is 0 Å². The average molecular weight is 201 g/mol. The molecule has 0 aromatic rings. The van der Waals surface area contributed by atoms with Gasteiger partial charge in [-0.2, -0.15) is 0 Å². The Morgan fingerprint density at radius 2 is 2.00 bits per heavy atom. The van der Waals surface area contributed by atoms with E-state index in [9.17, 15) is 4.79 Å². The molecule has 84 valence electrons. The molecule has 2 unspecified atom stereocenters. The third-order valence-electron chi connectivity index (χ3n) is 3.18. The summed E-state index contributed by atoms with van der Waals surface area (Å²) in [6, 6.07) is 0.00329. The van der Waals surface area contributed by atoms with Crippen molar-refractivity contribution in [2.45, 2.75) is 58.9 Å². The summed E-state index contributed by atoms with van der Waals surface area (Å²) in [5, 5.41) is 8.90. The van der Waals surface area contributed by atoms with Crippen molar-refractivity contribution >= 4 is 5.97 Å². The van der Waals surface area contributed by atoms with Gasteiger partial charge in [0.25, 0.3) is 0 Å². The molecule has 0 saturated carbocycles. The van der Waals surface area contributed by atoms with Crippen molar-refractivity contribution in [3.63, 3.8) is 0 Å². The topological polar surface area (TPSA) is 63.3 Å². The number of carboxylic acids is 1. The molecule has 0 aliphatic rings. The van der Waals surface area contributed by atoms with Crippen LogP contribution in [0.3, 0.4) is 0 Å². The molecule has 14 heavy (non-hydrogen) atoms. The van der Waals surface area contributed by atoms with Gasteiger partial charge < -0.3 is 10.8 Å². The van der Waals surface area contributed by atoms with Crippen LogP contribution in [0, 0.1) is 5.41 Å². The van der Waals surface area contributed by atoms with Crippen molar-refractivity contribution in [1.29, 1.82) is 0 Å². The van der Waals surface area contributed by atoms with Crippen LogP contribution in [-0.2, 0) is 4.79 Å². The second-order valence-corrected chi connectivity index (χ2v) is 4.05. The van der Waals surface area contributed by atoms with E-state index in [1.165, 1.54) is 0 Å². The number of hydrogen-bond donors (Lipinski definition) is 2. The lowest BCUT2D eigenvalue weighted by atomic mass is 9.71. The lowest BCUT2D eigenvalue weighted by Crippen LogP contribution is -2.42. The molecule has 3 heteroatoms. The fraction of sp³-hybridized carbons (Fsp3) is 0.909. The molecule has 0 radical (unpaired) electrons. The first-order chi connectivity index (χ1) is 6.52. The first-order valence-electron chi connectivity index (χ1n) is 5.49. The first-order valence-corrected chi connectivity index (χ1v) is 5.49. The summed E-state index contributed by atoms with van der Waals surface area (Å²) < 4.78 is 0. The molecule has 0 rings (SSSR count). The largest absolute Gasteiger partial charge is 0.481 e. The molecule has 0 aliphatic heterocycles. The van der Waals surface area contributed by atoms with Crippen molar-refractivity contribution in [1.82, 2.24) is 0 Å². The highest BCUT2D eigenvalue weighted by molar-refractivity contribution is 5.67. The number of hydrogen-bond acceptors (Lipinski definition) is 2. The maximum atomic E-state index is 10.8. The first kappa shape index (κ1) is 13.4. The van der Waals surface area contributed by atoms with Gasteiger partial charge in [0.2, 0.25) is 0 Å². The van der Waals surface area contributed by atoms with Gasteiger partial charge in [0.05, 0.1) is 6.42 Å². The minimum Gasteiger partial charge on any atom is -0.481 e. The minimum absolute atomic E-state index is 0.00329. The van der Waals surface area contributed by atoms with Gasteiger partial charge in [0.1, 0.15) is 0 Å². The fourth-order valence-electron chi connectivity index (χ4n) is 2.20. The Kier molecular flexibility index (Phi) is 5.77. The minimum atomic E-state index is -0.732. The maximum Gasteiger partial charge on any atom is 0.303 e. The molecule has 3 N–H and O–H groups in total. The number of rotatable bonds is 7. The molecule has 0 fully saturated rings. The summed E-state index contributed by atoms with van der Waals surface area (Å²) in [6.07, 6.45) is 3.80. The standard InChI is InChI=1S/C11H23NO2/c1-4-7-11(6-3,8-10(13)14)9(12)5-2/h9H,4-8,12H2,1-3H3,(H,13,14). The number of nitrogens with two attached hydrogens (primary N) is 1. The molecule has 3 nitrogen and oxygen atoms in total. The molecule has 0 aliphatic carbocycles. The Morgan fingerprint density at radius 3 is 2.29 bits per heavy atom. The van der Waals surface area contributed by atoms with Gasteiger partial charge in [0.15, 0.2) is 0 Å². The molecular weight excluding hydrogens is 178 g/mol. The van der Waals surface area contributed by atoms with E-state index in [1.807, 2.05) is 13.8 Å². The van der Waals surface area contributed by atoms with E-state index in [0.29, 0.717) is 0 Å². The van der Waals surface area contributed by atoms with Crippen LogP contribution in [0.1, 0.15) is 52.9 Å². The Bertz CT molecular complexity index is 182. The average Bonchev–Trinajstić information content (AvgIpc) is 2.15. The van der Waals surface area contributed by atoms with Crippen molar-refractivity contribution in [3.8, 4) is 0 Å². The Balaban J connectivity index is 4.67. The fourth-order valence-corrected chi connectivity index (χ4v) is 2.20. The predicted molar refractivity (Wildman–Crippen MR) is 58.2 cm³/mol. The second-order valence-electron chi connectivity index (χ2n) is 4.05. The second kappa shape index (κ2) is 6.02. The number of carboxylic acid groups (broad SMARTS) is 1. The van der Waals surface area contributed by atoms with Crippen molar-refractivity contribution in [2.75, 3.05) is 0 Å². The summed E-state index contributed by atoms with van der Waals surface area (Å²) in [7, 11) is 0. The molecule has 0 aromatic heterocycles. The summed E-state index contributed by atoms with van der Waals surface area (Å²) in [5.41, 5.74) is 5.83. The van der Waals surface area contributed by atoms with E-state index in [2.05, 4.69) is 6.92 Å². The van der Waals surface area contributed by atoms with Gasteiger partial charge in [0, 0.05) is 6.04 Å². The van der Waals surface area contributed by atoms with Crippen molar-refractivity contribution < 1.29 is 9.90 Å². The smallest absolute Gasteiger partial charge is 0.303 e. The van der Waals surface area contributed by atoms with Crippen LogP contribution in [0.25, 0.3) is 0 Å². The zero-order chi connectivity index (χ0) is 11.2. The third-order valence-corrected chi connectivity index (χ3v) is 3.18. The molecule has 0 spiro atoms. The van der Waals surface area contributed by atoms with Crippen LogP contribution in [0.4, 0.5) is 0 Å². The molecule has 2 atom stereocenters. The van der Waals surface area contributed by atoms with Gasteiger partial charge >= 0.3 is 5.97 Å². The Morgan fingerprint density at radius 1 is 1.43 bits per heavy atom. The van der Waals surface area contributed by atoms with E-state index in [4.69, 9.17) is 10.8 Å². The summed E-state index contributed by atoms with van der Waals surface area (Å²) in [6.45, 7) is 6.13. The SMILES string of the molecule is CCCC(CC)(CC(=O)O)C(N)CC. The maximum absolute atomic E-state index is 10.8. The summed E-state index contributed by atoms with van der Waals surface area (Å²) in [4.78, 5) is 10.8. The molecule has 0 heterocycles. The Labute approximate surface area is 86.7 Å². The lowest BCUT2D eigenvalue weighted by molar-refractivity contribution is -0.140. The van der Waals surface area contributed by atoms with Crippen LogP contribution in [0.2, 0.25) is 0 Å². The van der Waals surface area contributed by atoms with Crippen molar-refractivity contribution in [2.24, 2.45) is 11.1 Å². The zero-order valence-electron chi connectivity index (χ0n) is 9.55. The van der Waals surface area contributed by atoms with E-state index in [-0.39, 0.29) is 17.9 Å². The lowest BCUT2D eigenvalue weighted by Gasteiger charge is -2.36. The number of carbonyl (C=O) groups is 1. The van der Waals surface area contributed by atoms with Gasteiger partial charge in [-0.3, -0.25) is 4.79 Å². The van der Waals surface area contributed by atoms with Crippen LogP contribution in [0.15, 0.2) is 0 Å². The van der Waals surface area contributed by atoms with Crippen LogP contribution >= 0.6 is 0 Å². The summed E-state index contributed by atoms with van der Waals surface area (Å²) >= 11 is 0. The van der Waals surface area contributed by atoms with E-state index < -0.39 is 5.97 Å². The van der Waals surface area contributed by atoms with Crippen LogP contribution in [-0.4, -0.2) is 17.1 Å². The molecule has 0 amide bonds. The van der Waals surface area contributed by atoms with Gasteiger partial charge in [-0.05, 0) is 24.7 Å². The van der Waals surface area contributed by atoms with E-state index in [1.54, 1.807) is 0 Å². The van der Waals surface area contributed by atoms with E-state index in [0.717, 1.165) is 25.7 Å². The molecule has 0 bridgehead atoms. The highest BCUT2D eigenvalue weighted by Crippen LogP contribution is 2.36. The highest BCUT2D eigenvalue weighted by Gasteiger charge is 2.35. The quantitative estimate of drug-likeness (QED) is 0.664. The van der Waals surface area contributed by atoms with Gasteiger partial charge in [-0.25, -0.2) is 0 Å². The van der Waals surface area contributed by atoms with Crippen LogP contribution in [0.5, 0.6) is 0 Å². The highest BCUT2D eigenvalue weighted by atomic mass is 16.4. The third kappa shape index (κ3) is 3.29. The van der Waals surface area contributed by atoms with Crippen LogP contribution < -0.4 is 5.73 Å².